The first-order chi connectivity index (χ1) is 9.60. The Bertz CT molecular complexity index is 823. The molecule has 0 N–H and O–H groups in total. The number of hydrogen-bond donors (Lipinski definition) is 0. The summed E-state index contributed by atoms with van der Waals surface area (Å²) < 4.78 is 15.0. The van der Waals surface area contributed by atoms with Crippen LogP contribution in [0.5, 0.6) is 0 Å². The molecule has 0 bridgehead atoms. The van der Waals surface area contributed by atoms with E-state index in [4.69, 9.17) is 0 Å². The number of aryl methyl sites for hydroxylation is 2. The predicted octanol–water partition coefficient (Wildman–Crippen LogP) is 4.16. The lowest BCUT2D eigenvalue weighted by Crippen LogP contribution is -1.85. The molecule has 0 amide bonds. The van der Waals surface area contributed by atoms with E-state index < -0.39 is 0 Å². The van der Waals surface area contributed by atoms with Crippen LogP contribution in [-0.2, 0) is 0 Å². The average molecular weight is 269 g/mol. The Morgan fingerprint density at radius 1 is 1.20 bits per heavy atom. The van der Waals surface area contributed by atoms with Gasteiger partial charge in [0.1, 0.15) is 17.2 Å². The van der Waals surface area contributed by atoms with Crippen molar-refractivity contribution in [3.63, 3.8) is 0 Å². The molecular weight excluding hydrogens is 257 g/mol. The van der Waals surface area contributed by atoms with Crippen molar-refractivity contribution in [3.05, 3.63) is 58.4 Å². The van der Waals surface area contributed by atoms with Crippen LogP contribution < -0.4 is 0 Å². The Hall–Kier alpha value is -2.56. The molecule has 0 saturated heterocycles. The fraction of sp³-hybridized carbons (Fsp3) is 0.133. The number of pyridine rings is 1. The van der Waals surface area contributed by atoms with Crippen molar-refractivity contribution in [2.24, 2.45) is 5.18 Å². The number of nitroso groups, excluding NO2 is 1. The van der Waals surface area contributed by atoms with Crippen LogP contribution in [0.3, 0.4) is 0 Å². The molecule has 2 aromatic heterocycles. The van der Waals surface area contributed by atoms with Gasteiger partial charge < -0.3 is 0 Å². The second-order valence-corrected chi connectivity index (χ2v) is 4.77. The lowest BCUT2D eigenvalue weighted by Gasteiger charge is -2.01. The zero-order chi connectivity index (χ0) is 14.3. The van der Waals surface area contributed by atoms with Crippen molar-refractivity contribution >= 4 is 11.5 Å². The van der Waals surface area contributed by atoms with Crippen LogP contribution in [0.1, 0.15) is 11.1 Å². The Kier molecular flexibility index (Phi) is 2.82. The molecule has 1 aromatic carbocycles. The molecule has 2 heterocycles. The highest BCUT2D eigenvalue weighted by molar-refractivity contribution is 5.75. The number of hydrogen-bond acceptors (Lipinski definition) is 3. The van der Waals surface area contributed by atoms with Gasteiger partial charge in [0.15, 0.2) is 0 Å². The maximum Gasteiger partial charge on any atom is 0.209 e. The van der Waals surface area contributed by atoms with Gasteiger partial charge in [0.05, 0.1) is 0 Å². The number of imidazole rings is 1. The molecule has 3 rings (SSSR count). The van der Waals surface area contributed by atoms with E-state index in [1.54, 1.807) is 29.7 Å². The summed E-state index contributed by atoms with van der Waals surface area (Å²) in [5.74, 6) is -0.0521. The number of benzene rings is 1. The normalized spacial score (nSPS) is 10.9. The van der Waals surface area contributed by atoms with Gasteiger partial charge in [-0.3, -0.25) is 4.40 Å². The molecule has 0 saturated carbocycles. The molecule has 0 aliphatic heterocycles. The molecular formula is C15H12FN3O. The fourth-order valence-electron chi connectivity index (χ4n) is 2.21. The first-order valence-electron chi connectivity index (χ1n) is 6.19. The molecule has 0 spiro atoms. The quantitative estimate of drug-likeness (QED) is 0.656. The summed E-state index contributed by atoms with van der Waals surface area (Å²) in [6.45, 7) is 3.60. The molecule has 20 heavy (non-hydrogen) atoms. The Labute approximate surface area is 114 Å². The van der Waals surface area contributed by atoms with Crippen LogP contribution >= 0.6 is 0 Å². The standard InChI is InChI=1S/C15H12FN3O/c1-9-3-6-13-17-14(15(18-20)19(13)8-9)11-4-5-12(16)10(2)7-11/h3-8H,1-2H3. The molecule has 0 unspecified atom stereocenters. The number of rotatable bonds is 2. The van der Waals surface area contributed by atoms with Crippen LogP contribution in [0.25, 0.3) is 16.9 Å². The highest BCUT2D eigenvalue weighted by atomic mass is 19.1. The van der Waals surface area contributed by atoms with E-state index in [9.17, 15) is 9.30 Å². The summed E-state index contributed by atoms with van der Waals surface area (Å²) in [6, 6.07) is 8.37. The van der Waals surface area contributed by atoms with E-state index in [2.05, 4.69) is 10.2 Å². The van der Waals surface area contributed by atoms with E-state index in [1.807, 2.05) is 19.1 Å². The number of fused-ring (bicyclic) bond motifs is 1. The Morgan fingerprint density at radius 3 is 2.70 bits per heavy atom. The van der Waals surface area contributed by atoms with E-state index in [-0.39, 0.29) is 11.6 Å². The van der Waals surface area contributed by atoms with Gasteiger partial charge in [0, 0.05) is 11.8 Å². The number of halogens is 1. The number of aromatic nitrogens is 2. The van der Waals surface area contributed by atoms with Crippen LogP contribution in [0, 0.1) is 24.6 Å². The summed E-state index contributed by atoms with van der Waals surface area (Å²) in [7, 11) is 0. The molecule has 5 heteroatoms. The van der Waals surface area contributed by atoms with Crippen molar-refractivity contribution in [1.82, 2.24) is 9.38 Å². The van der Waals surface area contributed by atoms with Gasteiger partial charge in [-0.2, -0.15) is 0 Å². The van der Waals surface area contributed by atoms with E-state index in [0.29, 0.717) is 22.5 Å². The second-order valence-electron chi connectivity index (χ2n) is 4.77. The van der Waals surface area contributed by atoms with Crippen LogP contribution in [0.4, 0.5) is 10.2 Å². The fourth-order valence-corrected chi connectivity index (χ4v) is 2.21. The first-order valence-corrected chi connectivity index (χ1v) is 6.19. The third kappa shape index (κ3) is 1.87. The maximum atomic E-state index is 13.3. The summed E-state index contributed by atoms with van der Waals surface area (Å²) in [5.41, 5.74) is 3.30. The SMILES string of the molecule is Cc1ccc2nc(-c3ccc(F)c(C)c3)c(N=O)n2c1. The molecule has 0 atom stereocenters. The predicted molar refractivity (Wildman–Crippen MR) is 75.5 cm³/mol. The van der Waals surface area contributed by atoms with E-state index in [0.717, 1.165) is 5.56 Å². The Balaban J connectivity index is 2.30. The van der Waals surface area contributed by atoms with Crippen LogP contribution in [-0.4, -0.2) is 9.38 Å². The highest BCUT2D eigenvalue weighted by Gasteiger charge is 2.15. The summed E-state index contributed by atoms with van der Waals surface area (Å²) in [5, 5.41) is 3.08. The van der Waals surface area contributed by atoms with Crippen molar-refractivity contribution in [2.75, 3.05) is 0 Å². The molecule has 0 aliphatic rings. The molecule has 0 fully saturated rings. The second kappa shape index (κ2) is 4.52. The minimum Gasteiger partial charge on any atom is -0.281 e. The minimum absolute atomic E-state index is 0.231. The molecule has 3 aromatic rings. The topological polar surface area (TPSA) is 46.7 Å². The van der Waals surface area contributed by atoms with Crippen molar-refractivity contribution in [3.8, 4) is 11.3 Å². The van der Waals surface area contributed by atoms with Gasteiger partial charge in [-0.05, 0) is 54.4 Å². The highest BCUT2D eigenvalue weighted by Crippen LogP contribution is 2.31. The summed E-state index contributed by atoms with van der Waals surface area (Å²) >= 11 is 0. The summed E-state index contributed by atoms with van der Waals surface area (Å²) in [4.78, 5) is 15.6. The third-order valence-corrected chi connectivity index (χ3v) is 3.26. The van der Waals surface area contributed by atoms with Gasteiger partial charge in [-0.1, -0.05) is 6.07 Å². The molecule has 0 aliphatic carbocycles. The van der Waals surface area contributed by atoms with Gasteiger partial charge in [0.2, 0.25) is 5.82 Å². The van der Waals surface area contributed by atoms with Crippen molar-refractivity contribution < 1.29 is 4.39 Å². The minimum atomic E-state index is -0.283. The zero-order valence-corrected chi connectivity index (χ0v) is 11.1. The van der Waals surface area contributed by atoms with Gasteiger partial charge in [-0.15, -0.1) is 4.91 Å². The lowest BCUT2D eigenvalue weighted by molar-refractivity contribution is 0.619. The van der Waals surface area contributed by atoms with Gasteiger partial charge >= 0.3 is 0 Å². The zero-order valence-electron chi connectivity index (χ0n) is 11.1. The monoisotopic (exact) mass is 269 g/mol. The smallest absolute Gasteiger partial charge is 0.209 e. The largest absolute Gasteiger partial charge is 0.281 e. The van der Waals surface area contributed by atoms with E-state index >= 15 is 0 Å². The van der Waals surface area contributed by atoms with Crippen LogP contribution in [0.2, 0.25) is 0 Å². The Morgan fingerprint density at radius 2 is 2.00 bits per heavy atom. The number of nitrogens with zero attached hydrogens (tertiary/aromatic N) is 3. The van der Waals surface area contributed by atoms with Crippen LogP contribution in [0.15, 0.2) is 41.7 Å². The van der Waals surface area contributed by atoms with Gasteiger partial charge in [-0.25, -0.2) is 9.37 Å². The van der Waals surface area contributed by atoms with E-state index in [1.165, 1.54) is 6.07 Å². The third-order valence-electron chi connectivity index (χ3n) is 3.26. The van der Waals surface area contributed by atoms with Crippen molar-refractivity contribution in [1.29, 1.82) is 0 Å². The lowest BCUT2D eigenvalue weighted by atomic mass is 10.1. The summed E-state index contributed by atoms with van der Waals surface area (Å²) in [6.07, 6.45) is 1.80. The molecule has 0 radical (unpaired) electrons. The van der Waals surface area contributed by atoms with Crippen molar-refractivity contribution in [2.45, 2.75) is 13.8 Å². The maximum absolute atomic E-state index is 13.3. The average Bonchev–Trinajstić information content (AvgIpc) is 2.79. The van der Waals surface area contributed by atoms with Gasteiger partial charge in [0.25, 0.3) is 0 Å². The first kappa shape index (κ1) is 12.5. The molecule has 100 valence electrons. The molecule has 4 nitrogen and oxygen atoms in total.